The number of hydrogen-bond acceptors (Lipinski definition) is 6. The minimum atomic E-state index is -0.301. The number of benzene rings is 1. The van der Waals surface area contributed by atoms with Crippen LogP contribution in [0.3, 0.4) is 0 Å². The van der Waals surface area contributed by atoms with E-state index in [2.05, 4.69) is 4.99 Å². The number of methoxy groups -OCH3 is 2. The summed E-state index contributed by atoms with van der Waals surface area (Å²) in [6.07, 6.45) is 0.194. The van der Waals surface area contributed by atoms with E-state index in [-0.39, 0.29) is 18.3 Å². The lowest BCUT2D eigenvalue weighted by Gasteiger charge is -2.09. The second-order valence-electron chi connectivity index (χ2n) is 4.90. The molecular weight excluding hydrogens is 332 g/mol. The largest absolute Gasteiger partial charge is 0.493 e. The Hall–Kier alpha value is -2.35. The zero-order chi connectivity index (χ0) is 17.7. The molecule has 0 atom stereocenters. The predicted molar refractivity (Wildman–Crippen MR) is 90.4 cm³/mol. The average Bonchev–Trinajstić information content (AvgIpc) is 2.87. The van der Waals surface area contributed by atoms with Crippen LogP contribution in [0.4, 0.5) is 0 Å². The van der Waals surface area contributed by atoms with Gasteiger partial charge in [-0.15, -0.1) is 0 Å². The van der Waals surface area contributed by atoms with Crippen LogP contribution in [0.25, 0.3) is 10.2 Å². The van der Waals surface area contributed by atoms with Crippen LogP contribution in [0.2, 0.25) is 0 Å². The van der Waals surface area contributed by atoms with Crippen LogP contribution in [0.1, 0.15) is 20.3 Å². The molecule has 0 N–H and O–H groups in total. The lowest BCUT2D eigenvalue weighted by molar-refractivity contribution is -0.143. The smallest absolute Gasteiger partial charge is 0.307 e. The van der Waals surface area contributed by atoms with Gasteiger partial charge < -0.3 is 18.8 Å². The molecule has 1 aromatic heterocycles. The Morgan fingerprint density at radius 3 is 2.46 bits per heavy atom. The van der Waals surface area contributed by atoms with Crippen LogP contribution in [0, 0.1) is 0 Å². The predicted octanol–water partition coefficient (Wildman–Crippen LogP) is 2.12. The molecule has 24 heavy (non-hydrogen) atoms. The number of hydrogen-bond donors (Lipinski definition) is 0. The van der Waals surface area contributed by atoms with Crippen molar-refractivity contribution in [1.29, 1.82) is 0 Å². The van der Waals surface area contributed by atoms with Gasteiger partial charge in [-0.3, -0.25) is 9.59 Å². The number of rotatable bonds is 6. The number of esters is 1. The number of fused-ring (bicyclic) bond motifs is 1. The van der Waals surface area contributed by atoms with Crippen molar-refractivity contribution in [2.75, 3.05) is 20.8 Å². The summed E-state index contributed by atoms with van der Waals surface area (Å²) >= 11 is 1.35. The molecule has 0 radical (unpaired) electrons. The summed E-state index contributed by atoms with van der Waals surface area (Å²) in [5.74, 6) is 0.573. The number of carbonyl (C=O) groups excluding carboxylic acids is 2. The molecule has 0 unspecified atom stereocenters. The quantitative estimate of drug-likeness (QED) is 0.744. The van der Waals surface area contributed by atoms with Crippen molar-refractivity contribution in [3.05, 3.63) is 16.9 Å². The molecule has 0 aliphatic heterocycles. The zero-order valence-corrected chi connectivity index (χ0v) is 14.9. The molecule has 2 rings (SSSR count). The second kappa shape index (κ2) is 7.96. The second-order valence-corrected chi connectivity index (χ2v) is 5.91. The van der Waals surface area contributed by atoms with Gasteiger partial charge in [0.25, 0.3) is 0 Å². The van der Waals surface area contributed by atoms with E-state index in [9.17, 15) is 9.59 Å². The van der Waals surface area contributed by atoms with E-state index in [0.29, 0.717) is 29.5 Å². The normalized spacial score (nSPS) is 11.6. The van der Waals surface area contributed by atoms with Gasteiger partial charge in [-0.05, 0) is 6.92 Å². The van der Waals surface area contributed by atoms with E-state index in [0.717, 1.165) is 10.2 Å². The van der Waals surface area contributed by atoms with E-state index in [1.165, 1.54) is 18.3 Å². The topological polar surface area (TPSA) is 79.1 Å². The number of carbonyl (C=O) groups is 2. The van der Waals surface area contributed by atoms with E-state index in [4.69, 9.17) is 14.2 Å². The third-order valence-corrected chi connectivity index (χ3v) is 4.33. The minimum Gasteiger partial charge on any atom is -0.493 e. The van der Waals surface area contributed by atoms with Crippen LogP contribution in [0.5, 0.6) is 11.5 Å². The molecule has 0 saturated heterocycles. The zero-order valence-electron chi connectivity index (χ0n) is 14.1. The van der Waals surface area contributed by atoms with Gasteiger partial charge in [0, 0.05) is 25.6 Å². The molecule has 0 fully saturated rings. The first kappa shape index (κ1) is 18.0. The van der Waals surface area contributed by atoms with Crippen molar-refractivity contribution in [3.8, 4) is 11.5 Å². The summed E-state index contributed by atoms with van der Waals surface area (Å²) in [6, 6.07) is 3.65. The molecule has 130 valence electrons. The summed E-state index contributed by atoms with van der Waals surface area (Å²) in [4.78, 5) is 27.6. The van der Waals surface area contributed by atoms with Crippen LogP contribution in [-0.4, -0.2) is 37.3 Å². The van der Waals surface area contributed by atoms with Gasteiger partial charge in [0.1, 0.15) is 0 Å². The number of aromatic nitrogens is 1. The fourth-order valence-electron chi connectivity index (χ4n) is 2.27. The summed E-state index contributed by atoms with van der Waals surface area (Å²) < 4.78 is 18.3. The number of thiazole rings is 1. The van der Waals surface area contributed by atoms with Gasteiger partial charge >= 0.3 is 5.97 Å². The lowest BCUT2D eigenvalue weighted by Crippen LogP contribution is -2.19. The van der Waals surface area contributed by atoms with Crippen molar-refractivity contribution >= 4 is 33.4 Å². The van der Waals surface area contributed by atoms with Gasteiger partial charge in [-0.25, -0.2) is 0 Å². The van der Waals surface area contributed by atoms with Gasteiger partial charge in [-0.2, -0.15) is 4.99 Å². The molecule has 1 amide bonds. The minimum absolute atomic E-state index is 0.194. The number of amides is 1. The average molecular weight is 352 g/mol. The molecule has 0 saturated carbocycles. The Bertz CT molecular complexity index is 822. The monoisotopic (exact) mass is 352 g/mol. The summed E-state index contributed by atoms with van der Waals surface area (Å²) in [5, 5.41) is 0. The first-order valence-corrected chi connectivity index (χ1v) is 8.28. The Labute approximate surface area is 143 Å². The SMILES string of the molecule is CCOC(=O)CCn1c(=NC(C)=O)sc2cc(OC)c(OC)cc21. The summed E-state index contributed by atoms with van der Waals surface area (Å²) in [7, 11) is 3.12. The molecule has 0 bridgehead atoms. The highest BCUT2D eigenvalue weighted by Crippen LogP contribution is 2.33. The number of ether oxygens (including phenoxy) is 3. The standard InChI is InChI=1S/C16H20N2O5S/c1-5-23-15(20)6-7-18-11-8-12(21-3)13(22-4)9-14(11)24-16(18)17-10(2)19/h8-9H,5-7H2,1-4H3. The summed E-state index contributed by atoms with van der Waals surface area (Å²) in [6.45, 7) is 3.85. The van der Waals surface area contributed by atoms with Gasteiger partial charge in [0.05, 0.1) is 37.5 Å². The molecule has 1 aromatic carbocycles. The molecule has 7 nitrogen and oxygen atoms in total. The molecule has 0 spiro atoms. The van der Waals surface area contributed by atoms with Crippen molar-refractivity contribution in [3.63, 3.8) is 0 Å². The van der Waals surface area contributed by atoms with Crippen molar-refractivity contribution in [1.82, 2.24) is 4.57 Å². The van der Waals surface area contributed by atoms with Crippen LogP contribution < -0.4 is 14.3 Å². The van der Waals surface area contributed by atoms with E-state index < -0.39 is 0 Å². The Morgan fingerprint density at radius 2 is 1.88 bits per heavy atom. The molecule has 2 aromatic rings. The fraction of sp³-hybridized carbons (Fsp3) is 0.438. The van der Waals surface area contributed by atoms with E-state index >= 15 is 0 Å². The van der Waals surface area contributed by atoms with E-state index in [1.54, 1.807) is 21.1 Å². The third-order valence-electron chi connectivity index (χ3n) is 3.29. The Kier molecular flexibility index (Phi) is 5.97. The van der Waals surface area contributed by atoms with Crippen molar-refractivity contribution < 1.29 is 23.8 Å². The molecule has 0 aliphatic carbocycles. The molecular formula is C16H20N2O5S. The highest BCUT2D eigenvalue weighted by Gasteiger charge is 2.14. The fourth-order valence-corrected chi connectivity index (χ4v) is 3.38. The molecule has 1 heterocycles. The Morgan fingerprint density at radius 1 is 1.21 bits per heavy atom. The van der Waals surface area contributed by atoms with Crippen LogP contribution in [-0.2, 0) is 20.9 Å². The Balaban J connectivity index is 2.55. The van der Waals surface area contributed by atoms with E-state index in [1.807, 2.05) is 16.7 Å². The van der Waals surface area contributed by atoms with Crippen molar-refractivity contribution in [2.24, 2.45) is 4.99 Å². The highest BCUT2D eigenvalue weighted by molar-refractivity contribution is 7.16. The highest BCUT2D eigenvalue weighted by atomic mass is 32.1. The first-order chi connectivity index (χ1) is 11.5. The maximum Gasteiger partial charge on any atom is 0.307 e. The number of aryl methyl sites for hydroxylation is 1. The maximum atomic E-state index is 11.7. The first-order valence-electron chi connectivity index (χ1n) is 7.46. The van der Waals surface area contributed by atoms with Crippen LogP contribution in [0.15, 0.2) is 17.1 Å². The molecule has 8 heteroatoms. The van der Waals surface area contributed by atoms with Crippen molar-refractivity contribution in [2.45, 2.75) is 26.8 Å². The maximum absolute atomic E-state index is 11.7. The molecule has 0 aliphatic rings. The van der Waals surface area contributed by atoms with Gasteiger partial charge in [0.2, 0.25) is 5.91 Å². The third kappa shape index (κ3) is 3.94. The lowest BCUT2D eigenvalue weighted by atomic mass is 10.3. The van der Waals surface area contributed by atoms with Gasteiger partial charge in [0.15, 0.2) is 16.3 Å². The van der Waals surface area contributed by atoms with Crippen LogP contribution >= 0.6 is 11.3 Å². The number of nitrogens with zero attached hydrogens (tertiary/aromatic N) is 2. The summed E-state index contributed by atoms with van der Waals surface area (Å²) in [5.41, 5.74) is 0.821. The van der Waals surface area contributed by atoms with Gasteiger partial charge in [-0.1, -0.05) is 11.3 Å².